The fraction of sp³-hybridized carbons (Fsp3) is 0.375. The van der Waals surface area contributed by atoms with E-state index in [9.17, 15) is 8.78 Å². The maximum absolute atomic E-state index is 12.1. The first-order chi connectivity index (χ1) is 6.52. The second-order valence-electron chi connectivity index (χ2n) is 2.83. The van der Waals surface area contributed by atoms with Crippen LogP contribution in [0.3, 0.4) is 0 Å². The lowest BCUT2D eigenvalue weighted by molar-refractivity contribution is 0.156. The lowest BCUT2D eigenvalue weighted by Gasteiger charge is -2.21. The van der Waals surface area contributed by atoms with Crippen LogP contribution in [0.5, 0.6) is 0 Å². The molecule has 3 nitrogen and oxygen atoms in total. The van der Waals surface area contributed by atoms with Crippen LogP contribution >= 0.6 is 15.9 Å². The molecule has 0 saturated heterocycles. The van der Waals surface area contributed by atoms with Gasteiger partial charge in [-0.25, -0.2) is 8.78 Å². The standard InChI is InChI=1S/C8H10BrF2N3/c1-14(4-7(10)11)8-5(9)2-13-3-6(8)12/h2-3,7H,4,12H2,1H3. The monoisotopic (exact) mass is 265 g/mol. The van der Waals surface area contributed by atoms with Crippen LogP contribution in [0.4, 0.5) is 20.2 Å². The molecule has 1 aromatic heterocycles. The molecule has 0 fully saturated rings. The number of nitrogens with two attached hydrogens (primary N) is 1. The van der Waals surface area contributed by atoms with Gasteiger partial charge in [-0.05, 0) is 15.9 Å². The zero-order valence-electron chi connectivity index (χ0n) is 7.54. The Balaban J connectivity index is 2.94. The summed E-state index contributed by atoms with van der Waals surface area (Å²) in [6.45, 7) is -0.354. The minimum absolute atomic E-state index is 0.354. The topological polar surface area (TPSA) is 42.1 Å². The second-order valence-corrected chi connectivity index (χ2v) is 3.69. The summed E-state index contributed by atoms with van der Waals surface area (Å²) >= 11 is 3.21. The van der Waals surface area contributed by atoms with Crippen molar-refractivity contribution in [1.29, 1.82) is 0 Å². The van der Waals surface area contributed by atoms with Gasteiger partial charge in [-0.15, -0.1) is 0 Å². The maximum Gasteiger partial charge on any atom is 0.255 e. The summed E-state index contributed by atoms with van der Waals surface area (Å²) in [6.07, 6.45) is 0.565. The average molecular weight is 266 g/mol. The van der Waals surface area contributed by atoms with Crippen LogP contribution in [0.1, 0.15) is 0 Å². The van der Waals surface area contributed by atoms with Crippen molar-refractivity contribution in [2.75, 3.05) is 24.2 Å². The van der Waals surface area contributed by atoms with Crippen molar-refractivity contribution in [2.45, 2.75) is 6.43 Å². The Labute approximate surface area is 89.0 Å². The lowest BCUT2D eigenvalue weighted by Crippen LogP contribution is -2.25. The van der Waals surface area contributed by atoms with Crippen LogP contribution in [0, 0.1) is 0 Å². The Kier molecular flexibility index (Phi) is 3.62. The summed E-state index contributed by atoms with van der Waals surface area (Å²) in [4.78, 5) is 5.21. The van der Waals surface area contributed by atoms with Crippen molar-refractivity contribution in [3.63, 3.8) is 0 Å². The van der Waals surface area contributed by atoms with E-state index < -0.39 is 6.43 Å². The molecule has 0 aliphatic rings. The third-order valence-electron chi connectivity index (χ3n) is 1.69. The molecule has 78 valence electrons. The normalized spacial score (nSPS) is 10.6. The van der Waals surface area contributed by atoms with Crippen molar-refractivity contribution in [3.05, 3.63) is 16.9 Å². The summed E-state index contributed by atoms with van der Waals surface area (Å²) in [5.41, 5.74) is 6.54. The Morgan fingerprint density at radius 1 is 1.57 bits per heavy atom. The lowest BCUT2D eigenvalue weighted by atomic mass is 10.3. The first kappa shape index (κ1) is 11.2. The highest BCUT2D eigenvalue weighted by Crippen LogP contribution is 2.30. The van der Waals surface area contributed by atoms with Gasteiger partial charge in [0.25, 0.3) is 6.43 Å². The molecule has 0 aliphatic heterocycles. The van der Waals surface area contributed by atoms with E-state index in [1.54, 1.807) is 7.05 Å². The predicted molar refractivity (Wildman–Crippen MR) is 55.6 cm³/mol. The summed E-state index contributed by atoms with van der Waals surface area (Å²) in [5, 5.41) is 0. The molecule has 1 rings (SSSR count). The first-order valence-corrected chi connectivity index (χ1v) is 4.70. The van der Waals surface area contributed by atoms with Crippen LogP contribution < -0.4 is 10.6 Å². The zero-order valence-corrected chi connectivity index (χ0v) is 9.13. The van der Waals surface area contributed by atoms with Crippen molar-refractivity contribution < 1.29 is 8.78 Å². The van der Waals surface area contributed by atoms with Crippen LogP contribution in [0.25, 0.3) is 0 Å². The van der Waals surface area contributed by atoms with Crippen LogP contribution in [0.15, 0.2) is 16.9 Å². The molecule has 0 aliphatic carbocycles. The van der Waals surface area contributed by atoms with Crippen molar-refractivity contribution >= 4 is 27.3 Å². The minimum atomic E-state index is -2.39. The van der Waals surface area contributed by atoms with E-state index >= 15 is 0 Å². The summed E-state index contributed by atoms with van der Waals surface area (Å²) in [7, 11) is 1.56. The number of halogens is 3. The summed E-state index contributed by atoms with van der Waals surface area (Å²) < 4.78 is 24.9. The van der Waals surface area contributed by atoms with E-state index in [1.165, 1.54) is 17.3 Å². The molecule has 14 heavy (non-hydrogen) atoms. The van der Waals surface area contributed by atoms with E-state index in [1.807, 2.05) is 0 Å². The number of anilines is 2. The quantitative estimate of drug-likeness (QED) is 0.911. The van der Waals surface area contributed by atoms with Crippen LogP contribution in [-0.2, 0) is 0 Å². The summed E-state index contributed by atoms with van der Waals surface area (Å²) in [6, 6.07) is 0. The van der Waals surface area contributed by atoms with Gasteiger partial charge in [-0.1, -0.05) is 0 Å². The molecule has 0 unspecified atom stereocenters. The molecule has 1 heterocycles. The SMILES string of the molecule is CN(CC(F)F)c1c(N)cncc1Br. The van der Waals surface area contributed by atoms with Crippen molar-refractivity contribution in [2.24, 2.45) is 0 Å². The number of hydrogen-bond acceptors (Lipinski definition) is 3. The van der Waals surface area contributed by atoms with Gasteiger partial charge in [-0.3, -0.25) is 4.98 Å². The van der Waals surface area contributed by atoms with E-state index in [-0.39, 0.29) is 6.54 Å². The zero-order chi connectivity index (χ0) is 10.7. The van der Waals surface area contributed by atoms with E-state index in [2.05, 4.69) is 20.9 Å². The van der Waals surface area contributed by atoms with Gasteiger partial charge in [0.1, 0.15) is 0 Å². The van der Waals surface area contributed by atoms with Gasteiger partial charge in [0.2, 0.25) is 0 Å². The largest absolute Gasteiger partial charge is 0.396 e. The Morgan fingerprint density at radius 2 is 2.21 bits per heavy atom. The van der Waals surface area contributed by atoms with Gasteiger partial charge in [0.05, 0.1) is 28.6 Å². The molecule has 1 aromatic rings. The van der Waals surface area contributed by atoms with Crippen molar-refractivity contribution in [1.82, 2.24) is 4.98 Å². The molecule has 0 aromatic carbocycles. The van der Waals surface area contributed by atoms with Gasteiger partial charge in [0, 0.05) is 13.2 Å². The third kappa shape index (κ3) is 2.54. The molecule has 0 atom stereocenters. The number of nitrogens with zero attached hydrogens (tertiary/aromatic N) is 2. The van der Waals surface area contributed by atoms with E-state index in [4.69, 9.17) is 5.73 Å². The molecule has 6 heteroatoms. The fourth-order valence-corrected chi connectivity index (χ4v) is 1.79. The molecule has 0 amide bonds. The Morgan fingerprint density at radius 3 is 2.71 bits per heavy atom. The van der Waals surface area contributed by atoms with E-state index in [0.717, 1.165) is 0 Å². The number of aromatic nitrogens is 1. The van der Waals surface area contributed by atoms with Crippen LogP contribution in [0.2, 0.25) is 0 Å². The van der Waals surface area contributed by atoms with Gasteiger partial charge in [-0.2, -0.15) is 0 Å². The molecule has 0 spiro atoms. The Bertz CT molecular complexity index is 299. The molecule has 2 N–H and O–H groups in total. The number of alkyl halides is 2. The summed E-state index contributed by atoms with van der Waals surface area (Å²) in [5.74, 6) is 0. The molecular weight excluding hydrogens is 256 g/mol. The van der Waals surface area contributed by atoms with Crippen molar-refractivity contribution in [3.8, 4) is 0 Å². The van der Waals surface area contributed by atoms with Gasteiger partial charge >= 0.3 is 0 Å². The predicted octanol–water partition coefficient (Wildman–Crippen LogP) is 2.13. The fourth-order valence-electron chi connectivity index (χ4n) is 1.14. The smallest absolute Gasteiger partial charge is 0.255 e. The first-order valence-electron chi connectivity index (χ1n) is 3.90. The maximum atomic E-state index is 12.1. The molecular formula is C8H10BrF2N3. The Hall–Kier alpha value is -0.910. The minimum Gasteiger partial charge on any atom is -0.396 e. The highest BCUT2D eigenvalue weighted by atomic mass is 79.9. The average Bonchev–Trinajstić information content (AvgIpc) is 2.01. The highest BCUT2D eigenvalue weighted by molar-refractivity contribution is 9.10. The van der Waals surface area contributed by atoms with Gasteiger partial charge < -0.3 is 10.6 Å². The second kappa shape index (κ2) is 4.54. The van der Waals surface area contributed by atoms with E-state index in [0.29, 0.717) is 15.8 Å². The number of nitrogen functional groups attached to an aromatic ring is 1. The number of pyridine rings is 1. The highest BCUT2D eigenvalue weighted by Gasteiger charge is 2.13. The number of hydrogen-bond donors (Lipinski definition) is 1. The third-order valence-corrected chi connectivity index (χ3v) is 2.28. The molecule has 0 bridgehead atoms. The molecule has 0 saturated carbocycles. The molecule has 0 radical (unpaired) electrons. The number of rotatable bonds is 3. The van der Waals surface area contributed by atoms with Crippen LogP contribution in [-0.4, -0.2) is 25.0 Å². The van der Waals surface area contributed by atoms with Gasteiger partial charge in [0.15, 0.2) is 0 Å².